The first-order valence-electron chi connectivity index (χ1n) is 5.82. The molecule has 0 amide bonds. The zero-order chi connectivity index (χ0) is 13.0. The number of hydrogen-bond donors (Lipinski definition) is 1. The topological polar surface area (TPSA) is 12.0 Å². The van der Waals surface area contributed by atoms with Crippen LogP contribution < -0.4 is 5.32 Å². The second-order valence-electron chi connectivity index (χ2n) is 4.21. The number of nitrogens with one attached hydrogen (secondary N) is 1. The summed E-state index contributed by atoms with van der Waals surface area (Å²) in [6.45, 7) is 0. The first-order valence-corrected chi connectivity index (χ1v) is 6.70. The first-order chi connectivity index (χ1) is 8.69. The van der Waals surface area contributed by atoms with Crippen molar-refractivity contribution in [2.24, 2.45) is 0 Å². The van der Waals surface area contributed by atoms with Gasteiger partial charge in [0.15, 0.2) is 0 Å². The van der Waals surface area contributed by atoms with Crippen LogP contribution in [0.15, 0.2) is 35.7 Å². The molecule has 0 saturated carbocycles. The molecule has 1 aromatic heterocycles. The van der Waals surface area contributed by atoms with Crippen LogP contribution in [0.5, 0.6) is 0 Å². The van der Waals surface area contributed by atoms with Crippen LogP contribution in [0.4, 0.5) is 8.78 Å². The molecule has 0 bridgehead atoms. The highest BCUT2D eigenvalue weighted by Crippen LogP contribution is 2.16. The molecular formula is C14H15F2NS. The van der Waals surface area contributed by atoms with E-state index in [9.17, 15) is 8.78 Å². The molecular weight excluding hydrogens is 252 g/mol. The van der Waals surface area contributed by atoms with Crippen molar-refractivity contribution in [3.8, 4) is 0 Å². The normalized spacial score (nSPS) is 12.6. The van der Waals surface area contributed by atoms with E-state index in [4.69, 9.17) is 0 Å². The van der Waals surface area contributed by atoms with Crippen molar-refractivity contribution in [2.75, 3.05) is 7.05 Å². The molecule has 1 unspecified atom stereocenters. The van der Waals surface area contributed by atoms with E-state index in [0.717, 1.165) is 12.5 Å². The van der Waals surface area contributed by atoms with Gasteiger partial charge < -0.3 is 5.32 Å². The van der Waals surface area contributed by atoms with Gasteiger partial charge in [0.25, 0.3) is 0 Å². The Balaban J connectivity index is 2.07. The number of likely N-dealkylation sites (N-methyl/N-ethyl adjacent to an activating group) is 1. The molecule has 1 N–H and O–H groups in total. The fourth-order valence-electron chi connectivity index (χ4n) is 1.91. The SMILES string of the molecule is CNC(Cc1cccs1)Cc1cc(F)ccc1F. The van der Waals surface area contributed by atoms with Crippen molar-refractivity contribution >= 4 is 11.3 Å². The minimum absolute atomic E-state index is 0.111. The van der Waals surface area contributed by atoms with Crippen LogP contribution in [0.1, 0.15) is 10.4 Å². The lowest BCUT2D eigenvalue weighted by Gasteiger charge is -2.15. The summed E-state index contributed by atoms with van der Waals surface area (Å²) < 4.78 is 26.6. The van der Waals surface area contributed by atoms with Crippen LogP contribution >= 0.6 is 11.3 Å². The Kier molecular flexibility index (Phi) is 4.44. The highest BCUT2D eigenvalue weighted by molar-refractivity contribution is 7.09. The summed E-state index contributed by atoms with van der Waals surface area (Å²) in [6.07, 6.45) is 1.31. The lowest BCUT2D eigenvalue weighted by Crippen LogP contribution is -2.30. The van der Waals surface area contributed by atoms with E-state index in [1.165, 1.54) is 17.0 Å². The van der Waals surface area contributed by atoms with Gasteiger partial charge in [0.1, 0.15) is 11.6 Å². The minimum atomic E-state index is -0.391. The molecule has 4 heteroatoms. The lowest BCUT2D eigenvalue weighted by atomic mass is 10.0. The molecule has 96 valence electrons. The maximum Gasteiger partial charge on any atom is 0.126 e. The Hall–Kier alpha value is -1.26. The van der Waals surface area contributed by atoms with Gasteiger partial charge >= 0.3 is 0 Å². The number of benzene rings is 1. The molecule has 0 spiro atoms. The van der Waals surface area contributed by atoms with E-state index < -0.39 is 5.82 Å². The highest BCUT2D eigenvalue weighted by atomic mass is 32.1. The molecule has 0 fully saturated rings. The Morgan fingerprint density at radius 3 is 2.72 bits per heavy atom. The highest BCUT2D eigenvalue weighted by Gasteiger charge is 2.12. The summed E-state index contributed by atoms with van der Waals surface area (Å²) in [5, 5.41) is 5.17. The number of halogens is 2. The Morgan fingerprint density at radius 1 is 1.22 bits per heavy atom. The smallest absolute Gasteiger partial charge is 0.126 e. The third-order valence-corrected chi connectivity index (χ3v) is 3.81. The molecule has 0 radical (unpaired) electrons. The fraction of sp³-hybridized carbons (Fsp3) is 0.286. The number of rotatable bonds is 5. The molecule has 0 saturated heterocycles. The molecule has 1 heterocycles. The summed E-state index contributed by atoms with van der Waals surface area (Å²) in [6, 6.07) is 7.76. The first kappa shape index (κ1) is 13.2. The van der Waals surface area contributed by atoms with Crippen molar-refractivity contribution in [3.63, 3.8) is 0 Å². The van der Waals surface area contributed by atoms with E-state index in [0.29, 0.717) is 12.0 Å². The zero-order valence-electron chi connectivity index (χ0n) is 10.1. The van der Waals surface area contributed by atoms with E-state index in [1.807, 2.05) is 18.5 Å². The van der Waals surface area contributed by atoms with Gasteiger partial charge in [-0.15, -0.1) is 11.3 Å². The quantitative estimate of drug-likeness (QED) is 0.875. The van der Waals surface area contributed by atoms with Crippen LogP contribution in [-0.2, 0) is 12.8 Å². The van der Waals surface area contributed by atoms with Crippen LogP contribution in [0.2, 0.25) is 0 Å². The monoisotopic (exact) mass is 267 g/mol. The standard InChI is InChI=1S/C14H15F2NS/c1-17-12(9-13-3-2-6-18-13)8-10-7-11(15)4-5-14(10)16/h2-7,12,17H,8-9H2,1H3. The van der Waals surface area contributed by atoms with Crippen molar-refractivity contribution in [2.45, 2.75) is 18.9 Å². The minimum Gasteiger partial charge on any atom is -0.316 e. The lowest BCUT2D eigenvalue weighted by molar-refractivity contribution is 0.528. The fourth-order valence-corrected chi connectivity index (χ4v) is 2.70. The molecule has 2 aromatic rings. The molecule has 1 aromatic carbocycles. The maximum atomic E-state index is 13.6. The van der Waals surface area contributed by atoms with E-state index in [1.54, 1.807) is 11.3 Å². The second-order valence-corrected chi connectivity index (χ2v) is 5.24. The predicted octanol–water partition coefficient (Wildman–Crippen LogP) is 3.40. The van der Waals surface area contributed by atoms with Crippen LogP contribution in [-0.4, -0.2) is 13.1 Å². The van der Waals surface area contributed by atoms with Crippen LogP contribution in [0.3, 0.4) is 0 Å². The van der Waals surface area contributed by atoms with Gasteiger partial charge in [-0.3, -0.25) is 0 Å². The van der Waals surface area contributed by atoms with Crippen molar-refractivity contribution in [1.82, 2.24) is 5.32 Å². The zero-order valence-corrected chi connectivity index (χ0v) is 10.9. The number of hydrogen-bond acceptors (Lipinski definition) is 2. The van der Waals surface area contributed by atoms with E-state index in [-0.39, 0.29) is 11.9 Å². The van der Waals surface area contributed by atoms with Gasteiger partial charge in [-0.1, -0.05) is 6.07 Å². The molecule has 1 nitrogen and oxygen atoms in total. The van der Waals surface area contributed by atoms with E-state index >= 15 is 0 Å². The molecule has 18 heavy (non-hydrogen) atoms. The van der Waals surface area contributed by atoms with Crippen molar-refractivity contribution in [3.05, 3.63) is 57.8 Å². The van der Waals surface area contributed by atoms with E-state index in [2.05, 4.69) is 11.4 Å². The summed E-state index contributed by atoms with van der Waals surface area (Å²) in [5.74, 6) is -0.736. The van der Waals surface area contributed by atoms with Crippen molar-refractivity contribution in [1.29, 1.82) is 0 Å². The molecule has 0 aliphatic carbocycles. The third kappa shape index (κ3) is 3.37. The summed E-state index contributed by atoms with van der Waals surface area (Å²) in [4.78, 5) is 1.24. The van der Waals surface area contributed by atoms with Crippen LogP contribution in [0.25, 0.3) is 0 Å². The van der Waals surface area contributed by atoms with Gasteiger partial charge in [0, 0.05) is 10.9 Å². The van der Waals surface area contributed by atoms with Gasteiger partial charge in [-0.2, -0.15) is 0 Å². The average molecular weight is 267 g/mol. The van der Waals surface area contributed by atoms with Gasteiger partial charge in [-0.25, -0.2) is 8.78 Å². The van der Waals surface area contributed by atoms with Crippen LogP contribution in [0, 0.1) is 11.6 Å². The number of thiophene rings is 1. The largest absolute Gasteiger partial charge is 0.316 e. The molecule has 0 aliphatic heterocycles. The second kappa shape index (κ2) is 6.07. The Bertz CT molecular complexity index is 497. The van der Waals surface area contributed by atoms with Crippen molar-refractivity contribution < 1.29 is 8.78 Å². The maximum absolute atomic E-state index is 13.6. The average Bonchev–Trinajstić information content (AvgIpc) is 2.85. The summed E-state index contributed by atoms with van der Waals surface area (Å²) in [7, 11) is 1.84. The molecule has 1 atom stereocenters. The summed E-state index contributed by atoms with van der Waals surface area (Å²) >= 11 is 1.68. The van der Waals surface area contributed by atoms with Gasteiger partial charge in [0.2, 0.25) is 0 Å². The predicted molar refractivity (Wildman–Crippen MR) is 70.9 cm³/mol. The molecule has 2 rings (SSSR count). The molecule has 0 aliphatic rings. The Morgan fingerprint density at radius 2 is 2.06 bits per heavy atom. The summed E-state index contributed by atoms with van der Waals surface area (Å²) in [5.41, 5.74) is 0.422. The Labute approximate surface area is 109 Å². The van der Waals surface area contributed by atoms with Gasteiger partial charge in [0.05, 0.1) is 0 Å². The third-order valence-electron chi connectivity index (χ3n) is 2.91. The van der Waals surface area contributed by atoms with Gasteiger partial charge in [-0.05, 0) is 55.1 Å².